The molecule has 0 aromatic carbocycles. The van der Waals surface area contributed by atoms with Crippen LogP contribution in [-0.2, 0) is 26.5 Å². The van der Waals surface area contributed by atoms with Gasteiger partial charge in [-0.05, 0) is 13.8 Å². The number of carbonyl (C=O) groups excluding carboxylic acids is 1. The van der Waals surface area contributed by atoms with Crippen molar-refractivity contribution in [3.8, 4) is 0 Å². The Kier molecular flexibility index (Phi) is 4.27. The molecule has 0 atom stereocenters. The van der Waals surface area contributed by atoms with E-state index in [9.17, 15) is 13.2 Å². The van der Waals surface area contributed by atoms with Gasteiger partial charge in [0, 0.05) is 17.1 Å². The summed E-state index contributed by atoms with van der Waals surface area (Å²) in [6.07, 6.45) is 1.16. The first-order valence-corrected chi connectivity index (χ1v) is 8.80. The molecule has 0 saturated carbocycles. The molecular weight excluding hydrogens is 282 g/mol. The normalized spacial score (nSPS) is 13.6. The predicted molar refractivity (Wildman–Crippen MR) is 78.4 cm³/mol. The van der Waals surface area contributed by atoms with E-state index >= 15 is 0 Å². The fraction of sp³-hybridized carbons (Fsp3) is 0.692. The first-order valence-electron chi connectivity index (χ1n) is 6.03. The molecule has 19 heavy (non-hydrogen) atoms. The Hall–Kier alpha value is -0.750. The lowest BCUT2D eigenvalue weighted by Gasteiger charge is -2.20. The second kappa shape index (κ2) is 4.98. The molecule has 0 saturated heterocycles. The molecule has 0 aliphatic carbocycles. The van der Waals surface area contributed by atoms with E-state index < -0.39 is 14.6 Å². The highest BCUT2D eigenvalue weighted by Crippen LogP contribution is 2.26. The van der Waals surface area contributed by atoms with Gasteiger partial charge in [0.15, 0.2) is 15.6 Å². The molecule has 108 valence electrons. The SMILES string of the molecule is CC(C)(C)c1csc(CC(=O)C(C)(C)S(C)(=O)=O)n1. The first-order chi connectivity index (χ1) is 8.35. The van der Waals surface area contributed by atoms with E-state index in [0.717, 1.165) is 11.9 Å². The molecule has 1 heterocycles. The standard InChI is InChI=1S/C13H21NO3S2/c1-12(2,3)9-8-18-11(14-9)7-10(15)13(4,5)19(6,16)17/h8H,7H2,1-6H3. The van der Waals surface area contributed by atoms with Gasteiger partial charge in [-0.1, -0.05) is 20.8 Å². The van der Waals surface area contributed by atoms with Gasteiger partial charge in [-0.2, -0.15) is 0 Å². The molecule has 0 bridgehead atoms. The Bertz CT molecular complexity index is 577. The van der Waals surface area contributed by atoms with Crippen LogP contribution in [0.3, 0.4) is 0 Å². The number of nitrogens with zero attached hydrogens (tertiary/aromatic N) is 1. The summed E-state index contributed by atoms with van der Waals surface area (Å²) in [7, 11) is -3.42. The largest absolute Gasteiger partial charge is 0.297 e. The first kappa shape index (κ1) is 16.3. The topological polar surface area (TPSA) is 64.1 Å². The summed E-state index contributed by atoms with van der Waals surface area (Å²) in [5.41, 5.74) is 0.863. The zero-order chi connectivity index (χ0) is 15.1. The summed E-state index contributed by atoms with van der Waals surface area (Å²) >= 11 is 1.40. The number of aromatic nitrogens is 1. The molecule has 0 N–H and O–H groups in total. The average molecular weight is 303 g/mol. The monoisotopic (exact) mass is 303 g/mol. The third-order valence-electron chi connectivity index (χ3n) is 3.23. The van der Waals surface area contributed by atoms with Crippen LogP contribution in [0, 0.1) is 0 Å². The minimum Gasteiger partial charge on any atom is -0.297 e. The van der Waals surface area contributed by atoms with Crippen LogP contribution >= 0.6 is 11.3 Å². The lowest BCUT2D eigenvalue weighted by molar-refractivity contribution is -0.120. The number of rotatable bonds is 4. The quantitative estimate of drug-likeness (QED) is 0.856. The summed E-state index contributed by atoms with van der Waals surface area (Å²) in [6.45, 7) is 9.04. The van der Waals surface area contributed by atoms with Crippen LogP contribution in [0.1, 0.15) is 45.3 Å². The summed E-state index contributed by atoms with van der Waals surface area (Å²) < 4.78 is 21.9. The van der Waals surface area contributed by atoms with Gasteiger partial charge in [-0.3, -0.25) is 4.79 Å². The Morgan fingerprint density at radius 3 is 2.16 bits per heavy atom. The lowest BCUT2D eigenvalue weighted by Crippen LogP contribution is -2.40. The molecule has 0 fully saturated rings. The smallest absolute Gasteiger partial charge is 0.160 e. The van der Waals surface area contributed by atoms with E-state index in [0.29, 0.717) is 5.01 Å². The van der Waals surface area contributed by atoms with Gasteiger partial charge < -0.3 is 0 Å². The van der Waals surface area contributed by atoms with Crippen molar-refractivity contribution >= 4 is 27.0 Å². The van der Waals surface area contributed by atoms with Crippen LogP contribution in [0.25, 0.3) is 0 Å². The predicted octanol–water partition coefficient (Wildman–Crippen LogP) is 2.38. The highest BCUT2D eigenvalue weighted by molar-refractivity contribution is 7.92. The maximum Gasteiger partial charge on any atom is 0.160 e. The number of ketones is 1. The molecule has 0 aliphatic heterocycles. The second-order valence-electron chi connectivity index (χ2n) is 6.26. The van der Waals surface area contributed by atoms with Crippen molar-refractivity contribution in [2.24, 2.45) is 0 Å². The van der Waals surface area contributed by atoms with Gasteiger partial charge in [-0.25, -0.2) is 13.4 Å². The Morgan fingerprint density at radius 2 is 1.79 bits per heavy atom. The van der Waals surface area contributed by atoms with Gasteiger partial charge in [-0.15, -0.1) is 11.3 Å². The highest BCUT2D eigenvalue weighted by Gasteiger charge is 2.38. The summed E-state index contributed by atoms with van der Waals surface area (Å²) in [6, 6.07) is 0. The Morgan fingerprint density at radius 1 is 1.26 bits per heavy atom. The van der Waals surface area contributed by atoms with Crippen LogP contribution in [0.2, 0.25) is 0 Å². The Labute approximate surface area is 119 Å². The van der Waals surface area contributed by atoms with Crippen molar-refractivity contribution in [3.05, 3.63) is 16.1 Å². The number of thiazole rings is 1. The van der Waals surface area contributed by atoms with E-state index in [1.807, 2.05) is 26.2 Å². The molecule has 0 spiro atoms. The van der Waals surface area contributed by atoms with Crippen LogP contribution in [-0.4, -0.2) is 30.2 Å². The summed E-state index contributed by atoms with van der Waals surface area (Å²) in [5.74, 6) is -0.315. The van der Waals surface area contributed by atoms with Crippen molar-refractivity contribution in [3.63, 3.8) is 0 Å². The lowest BCUT2D eigenvalue weighted by atomic mass is 9.93. The Balaban J connectivity index is 2.93. The molecular formula is C13H21NO3S2. The van der Waals surface area contributed by atoms with E-state index in [2.05, 4.69) is 4.98 Å². The number of hydrogen-bond acceptors (Lipinski definition) is 5. The van der Waals surface area contributed by atoms with E-state index in [4.69, 9.17) is 0 Å². The van der Waals surface area contributed by atoms with Gasteiger partial charge >= 0.3 is 0 Å². The second-order valence-corrected chi connectivity index (χ2v) is 9.77. The number of hydrogen-bond donors (Lipinski definition) is 0. The molecule has 0 radical (unpaired) electrons. The van der Waals surface area contributed by atoms with Crippen molar-refractivity contribution in [2.45, 2.75) is 51.2 Å². The minimum absolute atomic E-state index is 0.0653. The zero-order valence-corrected chi connectivity index (χ0v) is 13.9. The number of sulfone groups is 1. The van der Waals surface area contributed by atoms with Gasteiger partial charge in [0.2, 0.25) is 0 Å². The van der Waals surface area contributed by atoms with Crippen LogP contribution < -0.4 is 0 Å². The highest BCUT2D eigenvalue weighted by atomic mass is 32.2. The third kappa shape index (κ3) is 3.63. The van der Waals surface area contributed by atoms with Crippen LogP contribution in [0.5, 0.6) is 0 Å². The molecule has 0 aliphatic rings. The molecule has 1 aromatic rings. The summed E-state index contributed by atoms with van der Waals surface area (Å²) in [4.78, 5) is 16.5. The van der Waals surface area contributed by atoms with Crippen molar-refractivity contribution in [1.29, 1.82) is 0 Å². The van der Waals surface area contributed by atoms with Crippen molar-refractivity contribution in [2.75, 3.05) is 6.26 Å². The summed E-state index contributed by atoms with van der Waals surface area (Å²) in [5, 5.41) is 2.60. The maximum atomic E-state index is 12.1. The molecule has 4 nitrogen and oxygen atoms in total. The molecule has 0 unspecified atom stereocenters. The van der Waals surface area contributed by atoms with Crippen LogP contribution in [0.4, 0.5) is 0 Å². The molecule has 1 aromatic heterocycles. The van der Waals surface area contributed by atoms with Gasteiger partial charge in [0.1, 0.15) is 9.75 Å². The molecule has 0 amide bonds. The third-order valence-corrected chi connectivity index (χ3v) is 6.16. The minimum atomic E-state index is -3.42. The maximum absolute atomic E-state index is 12.1. The van der Waals surface area contributed by atoms with Gasteiger partial charge in [0.25, 0.3) is 0 Å². The number of carbonyl (C=O) groups is 1. The van der Waals surface area contributed by atoms with Gasteiger partial charge in [0.05, 0.1) is 12.1 Å². The fourth-order valence-corrected chi connectivity index (χ4v) is 2.80. The zero-order valence-electron chi connectivity index (χ0n) is 12.3. The van der Waals surface area contributed by atoms with Crippen molar-refractivity contribution in [1.82, 2.24) is 4.98 Å². The van der Waals surface area contributed by atoms with Crippen LogP contribution in [0.15, 0.2) is 5.38 Å². The molecule has 1 rings (SSSR count). The average Bonchev–Trinajstić information content (AvgIpc) is 2.63. The molecule has 6 heteroatoms. The van der Waals surface area contributed by atoms with E-state index in [1.165, 1.54) is 25.2 Å². The fourth-order valence-electron chi connectivity index (χ4n) is 1.29. The number of Topliss-reactive ketones (excluding diaryl/α,β-unsaturated/α-hetero) is 1. The van der Waals surface area contributed by atoms with E-state index in [-0.39, 0.29) is 17.6 Å². The van der Waals surface area contributed by atoms with Crippen molar-refractivity contribution < 1.29 is 13.2 Å². The van der Waals surface area contributed by atoms with E-state index in [1.54, 1.807) is 0 Å².